The third kappa shape index (κ3) is 3.58. The van der Waals surface area contributed by atoms with Crippen molar-refractivity contribution in [2.24, 2.45) is 4.99 Å². The zero-order chi connectivity index (χ0) is 10.7. The summed E-state index contributed by atoms with van der Waals surface area (Å²) in [5.41, 5.74) is 1.27. The molecule has 0 bridgehead atoms. The molecule has 0 unspecified atom stereocenters. The lowest BCUT2D eigenvalue weighted by Gasteiger charge is -2.05. The van der Waals surface area contributed by atoms with Crippen molar-refractivity contribution in [1.29, 1.82) is 0 Å². The number of hydrogen-bond acceptors (Lipinski definition) is 3. The summed E-state index contributed by atoms with van der Waals surface area (Å²) in [6.45, 7) is 0.755. The summed E-state index contributed by atoms with van der Waals surface area (Å²) in [6, 6.07) is 0. The van der Waals surface area contributed by atoms with Gasteiger partial charge in [-0.15, -0.1) is 35.3 Å². The van der Waals surface area contributed by atoms with Gasteiger partial charge >= 0.3 is 0 Å². The highest BCUT2D eigenvalue weighted by atomic mass is 127. The van der Waals surface area contributed by atoms with Crippen molar-refractivity contribution in [3.63, 3.8) is 0 Å². The average molecular weight is 352 g/mol. The molecule has 0 saturated heterocycles. The molecule has 1 fully saturated rings. The fourth-order valence-corrected chi connectivity index (χ4v) is 2.23. The van der Waals surface area contributed by atoms with Crippen LogP contribution in [0.2, 0.25) is 0 Å². The van der Waals surface area contributed by atoms with Crippen molar-refractivity contribution in [3.8, 4) is 0 Å². The van der Waals surface area contributed by atoms with Crippen molar-refractivity contribution < 1.29 is 0 Å². The Morgan fingerprint density at radius 1 is 1.62 bits per heavy atom. The maximum atomic E-state index is 4.59. The van der Waals surface area contributed by atoms with E-state index in [1.165, 1.54) is 18.5 Å². The molecule has 1 aliphatic rings. The minimum atomic E-state index is 0. The summed E-state index contributed by atoms with van der Waals surface area (Å²) < 4.78 is 0. The number of nitrogens with zero attached hydrogens (tertiary/aromatic N) is 2. The first kappa shape index (κ1) is 13.7. The van der Waals surface area contributed by atoms with Gasteiger partial charge in [-0.3, -0.25) is 4.99 Å². The lowest BCUT2D eigenvalue weighted by atomic mass is 10.3. The summed E-state index contributed by atoms with van der Waals surface area (Å²) in [5.74, 6) is 1.55. The summed E-state index contributed by atoms with van der Waals surface area (Å²) in [7, 11) is 3.61. The predicted octanol–water partition coefficient (Wildman–Crippen LogP) is 1.93. The molecule has 90 valence electrons. The van der Waals surface area contributed by atoms with E-state index < -0.39 is 0 Å². The van der Waals surface area contributed by atoms with Crippen LogP contribution in [0.25, 0.3) is 0 Å². The Balaban J connectivity index is 0.00000128. The number of hydrogen-bond donors (Lipinski definition) is 2. The SMILES string of the molecule is CN=C(NC)NCc1nc(C2CC2)cs1.I. The van der Waals surface area contributed by atoms with Gasteiger partial charge in [0.1, 0.15) is 5.01 Å². The maximum Gasteiger partial charge on any atom is 0.191 e. The van der Waals surface area contributed by atoms with Crippen LogP contribution in [0.3, 0.4) is 0 Å². The highest BCUT2D eigenvalue weighted by Gasteiger charge is 2.25. The van der Waals surface area contributed by atoms with Crippen LogP contribution in [-0.2, 0) is 6.54 Å². The fourth-order valence-electron chi connectivity index (χ4n) is 1.41. The van der Waals surface area contributed by atoms with Crippen LogP contribution < -0.4 is 10.6 Å². The third-order valence-electron chi connectivity index (χ3n) is 2.43. The molecule has 16 heavy (non-hydrogen) atoms. The summed E-state index contributed by atoms with van der Waals surface area (Å²) in [4.78, 5) is 8.63. The lowest BCUT2D eigenvalue weighted by molar-refractivity contribution is 0.847. The van der Waals surface area contributed by atoms with Gasteiger partial charge in [0.25, 0.3) is 0 Å². The molecule has 0 amide bonds. The average Bonchev–Trinajstić information content (AvgIpc) is 3.01. The van der Waals surface area contributed by atoms with E-state index >= 15 is 0 Å². The molecular weight excluding hydrogens is 335 g/mol. The maximum absolute atomic E-state index is 4.59. The first-order chi connectivity index (χ1) is 7.33. The van der Waals surface area contributed by atoms with E-state index in [9.17, 15) is 0 Å². The Morgan fingerprint density at radius 3 is 2.94 bits per heavy atom. The van der Waals surface area contributed by atoms with Gasteiger partial charge in [0.05, 0.1) is 12.2 Å². The van der Waals surface area contributed by atoms with Gasteiger partial charge in [-0.25, -0.2) is 4.98 Å². The molecule has 2 N–H and O–H groups in total. The molecule has 4 nitrogen and oxygen atoms in total. The largest absolute Gasteiger partial charge is 0.359 e. The molecule has 0 atom stereocenters. The summed E-state index contributed by atoms with van der Waals surface area (Å²) in [6.07, 6.45) is 2.63. The van der Waals surface area contributed by atoms with E-state index in [0.29, 0.717) is 0 Å². The van der Waals surface area contributed by atoms with E-state index in [0.717, 1.165) is 23.4 Å². The highest BCUT2D eigenvalue weighted by molar-refractivity contribution is 14.0. The predicted molar refractivity (Wildman–Crippen MR) is 78.8 cm³/mol. The monoisotopic (exact) mass is 352 g/mol. The highest BCUT2D eigenvalue weighted by Crippen LogP contribution is 2.40. The number of rotatable bonds is 3. The second kappa shape index (κ2) is 6.39. The van der Waals surface area contributed by atoms with Crippen LogP contribution >= 0.6 is 35.3 Å². The van der Waals surface area contributed by atoms with Gasteiger partial charge in [0.2, 0.25) is 0 Å². The fraction of sp³-hybridized carbons (Fsp3) is 0.600. The van der Waals surface area contributed by atoms with Crippen molar-refractivity contribution in [3.05, 3.63) is 16.1 Å². The van der Waals surface area contributed by atoms with E-state index in [-0.39, 0.29) is 24.0 Å². The van der Waals surface area contributed by atoms with Crippen molar-refractivity contribution in [2.45, 2.75) is 25.3 Å². The second-order valence-electron chi connectivity index (χ2n) is 3.62. The van der Waals surface area contributed by atoms with Crippen LogP contribution in [0.1, 0.15) is 29.5 Å². The van der Waals surface area contributed by atoms with E-state index in [4.69, 9.17) is 0 Å². The zero-order valence-corrected chi connectivity index (χ0v) is 12.6. The van der Waals surface area contributed by atoms with Crippen LogP contribution in [0.4, 0.5) is 0 Å². The second-order valence-corrected chi connectivity index (χ2v) is 4.56. The Labute approximate surface area is 117 Å². The number of aliphatic imine (C=N–C) groups is 1. The Hall–Kier alpha value is -0.370. The number of nitrogens with one attached hydrogen (secondary N) is 2. The van der Waals surface area contributed by atoms with Gasteiger partial charge in [-0.05, 0) is 12.8 Å². The lowest BCUT2D eigenvalue weighted by Crippen LogP contribution is -2.34. The molecule has 1 heterocycles. The van der Waals surface area contributed by atoms with Crippen LogP contribution in [-0.4, -0.2) is 25.0 Å². The molecule has 1 aromatic rings. The number of thiazole rings is 1. The molecule has 1 aliphatic carbocycles. The van der Waals surface area contributed by atoms with Gasteiger partial charge in [-0.1, -0.05) is 0 Å². The van der Waals surface area contributed by atoms with Crippen molar-refractivity contribution in [1.82, 2.24) is 15.6 Å². The standard InChI is InChI=1S/C10H16N4S.HI/c1-11-10(12-2)13-5-9-14-8(6-15-9)7-3-4-7;/h6-7H,3-5H2,1-2H3,(H2,11,12,13);1H. The molecule has 0 spiro atoms. The van der Waals surface area contributed by atoms with Crippen LogP contribution in [0.15, 0.2) is 10.4 Å². The van der Waals surface area contributed by atoms with Gasteiger partial charge in [0.15, 0.2) is 5.96 Å². The molecule has 0 radical (unpaired) electrons. The van der Waals surface area contributed by atoms with E-state index in [2.05, 4.69) is 26.0 Å². The number of guanidine groups is 1. The molecule has 1 saturated carbocycles. The topological polar surface area (TPSA) is 49.3 Å². The molecule has 0 aromatic carbocycles. The Morgan fingerprint density at radius 2 is 2.38 bits per heavy atom. The van der Waals surface area contributed by atoms with Crippen molar-refractivity contribution >= 4 is 41.3 Å². The Bertz CT molecular complexity index is 359. The number of halogens is 1. The number of aromatic nitrogens is 1. The zero-order valence-electron chi connectivity index (χ0n) is 9.49. The third-order valence-corrected chi connectivity index (χ3v) is 3.30. The summed E-state index contributed by atoms with van der Waals surface area (Å²) >= 11 is 1.72. The molecule has 6 heteroatoms. The van der Waals surface area contributed by atoms with Crippen molar-refractivity contribution in [2.75, 3.05) is 14.1 Å². The minimum Gasteiger partial charge on any atom is -0.359 e. The minimum absolute atomic E-state index is 0. The molecule has 1 aromatic heterocycles. The molecular formula is C10H17IN4S. The molecule has 2 rings (SSSR count). The smallest absolute Gasteiger partial charge is 0.191 e. The first-order valence-electron chi connectivity index (χ1n) is 5.16. The van der Waals surface area contributed by atoms with Crippen LogP contribution in [0.5, 0.6) is 0 Å². The molecule has 0 aliphatic heterocycles. The van der Waals surface area contributed by atoms with Gasteiger partial charge in [-0.2, -0.15) is 0 Å². The van der Waals surface area contributed by atoms with E-state index in [1.54, 1.807) is 18.4 Å². The first-order valence-corrected chi connectivity index (χ1v) is 6.04. The van der Waals surface area contributed by atoms with Gasteiger partial charge in [0, 0.05) is 25.4 Å². The van der Waals surface area contributed by atoms with Gasteiger partial charge < -0.3 is 10.6 Å². The van der Waals surface area contributed by atoms with Crippen LogP contribution in [0, 0.1) is 0 Å². The summed E-state index contributed by atoms with van der Waals surface area (Å²) in [5, 5.41) is 9.48. The quantitative estimate of drug-likeness (QED) is 0.497. The van der Waals surface area contributed by atoms with E-state index in [1.807, 2.05) is 7.05 Å². The Kier molecular flexibility index (Phi) is 5.47. The normalized spacial score (nSPS) is 15.5.